The van der Waals surface area contributed by atoms with Gasteiger partial charge in [-0.25, -0.2) is 4.39 Å². The van der Waals surface area contributed by atoms with Gasteiger partial charge in [0.25, 0.3) is 5.91 Å². The zero-order valence-corrected chi connectivity index (χ0v) is 9.13. The van der Waals surface area contributed by atoms with Gasteiger partial charge >= 0.3 is 0 Å². The van der Waals surface area contributed by atoms with Gasteiger partial charge in [-0.05, 0) is 18.6 Å². The van der Waals surface area contributed by atoms with Crippen molar-refractivity contribution in [3.05, 3.63) is 42.2 Å². The molecule has 0 radical (unpaired) electrons. The van der Waals surface area contributed by atoms with Crippen molar-refractivity contribution in [3.63, 3.8) is 0 Å². The van der Waals surface area contributed by atoms with Crippen LogP contribution in [0.4, 0.5) is 4.39 Å². The third-order valence-corrected chi connectivity index (χ3v) is 1.96. The second kappa shape index (κ2) is 5.90. The van der Waals surface area contributed by atoms with E-state index in [-0.39, 0.29) is 18.3 Å². The first kappa shape index (κ1) is 12.2. The maximum Gasteiger partial charge on any atom is 0.258 e. The summed E-state index contributed by atoms with van der Waals surface area (Å²) in [7, 11) is 0. The number of carbonyl (C=O) groups excluding carboxylic acids is 1. The second-order valence-electron chi connectivity index (χ2n) is 3.29. The summed E-state index contributed by atoms with van der Waals surface area (Å²) < 4.78 is 18.2. The molecule has 3 nitrogen and oxygen atoms in total. The molecule has 0 heterocycles. The van der Waals surface area contributed by atoms with Crippen LogP contribution in [0.1, 0.15) is 5.56 Å². The largest absolute Gasteiger partial charge is 0.484 e. The van der Waals surface area contributed by atoms with Gasteiger partial charge in [-0.1, -0.05) is 12.1 Å². The Morgan fingerprint density at radius 2 is 2.38 bits per heavy atom. The molecule has 0 fully saturated rings. The SMILES string of the molecule is C=CCNC(=O)COc1ccc(C)c(F)c1. The number of carbonyl (C=O) groups is 1. The Kier molecular flexibility index (Phi) is 4.51. The van der Waals surface area contributed by atoms with Gasteiger partial charge in [0, 0.05) is 12.6 Å². The standard InChI is InChI=1S/C12H14FNO2/c1-3-6-14-12(15)8-16-10-5-4-9(2)11(13)7-10/h3-5,7H,1,6,8H2,2H3,(H,14,15). The molecular weight excluding hydrogens is 209 g/mol. The third-order valence-electron chi connectivity index (χ3n) is 1.96. The molecule has 0 saturated carbocycles. The smallest absolute Gasteiger partial charge is 0.258 e. The first-order valence-electron chi connectivity index (χ1n) is 4.90. The van der Waals surface area contributed by atoms with Gasteiger partial charge in [0.15, 0.2) is 6.61 Å². The highest BCUT2D eigenvalue weighted by Gasteiger charge is 2.03. The normalized spacial score (nSPS) is 9.62. The van der Waals surface area contributed by atoms with Crippen LogP contribution < -0.4 is 10.1 Å². The lowest BCUT2D eigenvalue weighted by molar-refractivity contribution is -0.122. The van der Waals surface area contributed by atoms with Crippen LogP contribution in [-0.2, 0) is 4.79 Å². The average Bonchev–Trinajstić information content (AvgIpc) is 2.28. The lowest BCUT2D eigenvalue weighted by Gasteiger charge is -2.06. The lowest BCUT2D eigenvalue weighted by atomic mass is 10.2. The van der Waals surface area contributed by atoms with E-state index in [1.807, 2.05) is 0 Å². The topological polar surface area (TPSA) is 38.3 Å². The highest BCUT2D eigenvalue weighted by atomic mass is 19.1. The van der Waals surface area contributed by atoms with Crippen LogP contribution in [0.2, 0.25) is 0 Å². The molecule has 0 bridgehead atoms. The summed E-state index contributed by atoms with van der Waals surface area (Å²) in [5.41, 5.74) is 0.545. The Hall–Kier alpha value is -1.84. The molecule has 1 rings (SSSR count). The van der Waals surface area contributed by atoms with Gasteiger partial charge in [-0.3, -0.25) is 4.79 Å². The minimum Gasteiger partial charge on any atom is -0.484 e. The van der Waals surface area contributed by atoms with E-state index in [0.29, 0.717) is 17.9 Å². The van der Waals surface area contributed by atoms with Crippen LogP contribution >= 0.6 is 0 Å². The number of amides is 1. The number of hydrogen-bond acceptors (Lipinski definition) is 2. The zero-order valence-electron chi connectivity index (χ0n) is 9.13. The van der Waals surface area contributed by atoms with Crippen molar-refractivity contribution in [2.75, 3.05) is 13.2 Å². The van der Waals surface area contributed by atoms with Crippen LogP contribution in [0.25, 0.3) is 0 Å². The molecule has 0 spiro atoms. The first-order valence-corrected chi connectivity index (χ1v) is 4.90. The van der Waals surface area contributed by atoms with E-state index >= 15 is 0 Å². The van der Waals surface area contributed by atoms with Crippen LogP contribution in [0, 0.1) is 12.7 Å². The minimum atomic E-state index is -0.344. The van der Waals surface area contributed by atoms with Crippen molar-refractivity contribution in [2.45, 2.75) is 6.92 Å². The van der Waals surface area contributed by atoms with Gasteiger partial charge < -0.3 is 10.1 Å². The summed E-state index contributed by atoms with van der Waals surface area (Å²) in [4.78, 5) is 11.1. The predicted molar refractivity (Wildman–Crippen MR) is 59.8 cm³/mol. The summed E-state index contributed by atoms with van der Waals surface area (Å²) >= 11 is 0. The molecule has 1 N–H and O–H groups in total. The molecule has 0 saturated heterocycles. The Morgan fingerprint density at radius 1 is 1.62 bits per heavy atom. The Bertz CT molecular complexity index is 391. The summed E-state index contributed by atoms with van der Waals surface area (Å²) in [6.07, 6.45) is 1.57. The Labute approximate surface area is 93.9 Å². The molecule has 16 heavy (non-hydrogen) atoms. The maximum atomic E-state index is 13.1. The van der Waals surface area contributed by atoms with E-state index in [9.17, 15) is 9.18 Å². The number of rotatable bonds is 5. The molecule has 86 valence electrons. The number of ether oxygens (including phenoxy) is 1. The summed E-state index contributed by atoms with van der Waals surface area (Å²) in [5.74, 6) is -0.262. The predicted octanol–water partition coefficient (Wildman–Crippen LogP) is 1.82. The van der Waals surface area contributed by atoms with E-state index in [2.05, 4.69) is 11.9 Å². The molecule has 0 atom stereocenters. The van der Waals surface area contributed by atoms with Crippen molar-refractivity contribution in [3.8, 4) is 5.75 Å². The summed E-state index contributed by atoms with van der Waals surface area (Å²) in [6, 6.07) is 4.49. The number of nitrogens with one attached hydrogen (secondary N) is 1. The highest BCUT2D eigenvalue weighted by Crippen LogP contribution is 2.15. The minimum absolute atomic E-state index is 0.129. The number of halogens is 1. The molecule has 1 amide bonds. The number of hydrogen-bond donors (Lipinski definition) is 1. The van der Waals surface area contributed by atoms with Crippen molar-refractivity contribution in [1.29, 1.82) is 0 Å². The molecule has 0 unspecified atom stereocenters. The van der Waals surface area contributed by atoms with Crippen LogP contribution in [0.3, 0.4) is 0 Å². The van der Waals surface area contributed by atoms with E-state index < -0.39 is 0 Å². The Morgan fingerprint density at radius 3 is 3.00 bits per heavy atom. The van der Waals surface area contributed by atoms with Crippen LogP contribution in [0.15, 0.2) is 30.9 Å². The second-order valence-corrected chi connectivity index (χ2v) is 3.29. The molecule has 1 aromatic carbocycles. The fraction of sp³-hybridized carbons (Fsp3) is 0.250. The van der Waals surface area contributed by atoms with Gasteiger partial charge in [0.1, 0.15) is 11.6 Å². The summed E-state index contributed by atoms with van der Waals surface area (Å²) in [5, 5.41) is 2.55. The van der Waals surface area contributed by atoms with Crippen molar-refractivity contribution in [1.82, 2.24) is 5.32 Å². The van der Waals surface area contributed by atoms with Crippen LogP contribution in [0.5, 0.6) is 5.75 Å². The van der Waals surface area contributed by atoms with Crippen LogP contribution in [-0.4, -0.2) is 19.1 Å². The maximum absolute atomic E-state index is 13.1. The first-order chi connectivity index (χ1) is 7.63. The van der Waals surface area contributed by atoms with Crippen molar-refractivity contribution >= 4 is 5.91 Å². The third kappa shape index (κ3) is 3.73. The molecule has 0 aliphatic heterocycles. The van der Waals surface area contributed by atoms with E-state index in [1.54, 1.807) is 25.1 Å². The molecular formula is C12H14FNO2. The molecule has 0 aromatic heterocycles. The molecule has 0 aliphatic carbocycles. The highest BCUT2D eigenvalue weighted by molar-refractivity contribution is 5.77. The monoisotopic (exact) mass is 223 g/mol. The Balaban J connectivity index is 2.45. The van der Waals surface area contributed by atoms with Crippen molar-refractivity contribution < 1.29 is 13.9 Å². The fourth-order valence-electron chi connectivity index (χ4n) is 1.05. The van der Waals surface area contributed by atoms with E-state index in [1.165, 1.54) is 6.07 Å². The molecule has 1 aromatic rings. The van der Waals surface area contributed by atoms with E-state index in [0.717, 1.165) is 0 Å². The number of aryl methyl sites for hydroxylation is 1. The van der Waals surface area contributed by atoms with Gasteiger partial charge in [-0.15, -0.1) is 6.58 Å². The average molecular weight is 223 g/mol. The van der Waals surface area contributed by atoms with Crippen molar-refractivity contribution in [2.24, 2.45) is 0 Å². The number of benzene rings is 1. The van der Waals surface area contributed by atoms with E-state index in [4.69, 9.17) is 4.74 Å². The van der Waals surface area contributed by atoms with Gasteiger partial charge in [0.2, 0.25) is 0 Å². The summed E-state index contributed by atoms with van der Waals surface area (Å²) in [6.45, 7) is 5.39. The fourth-order valence-corrected chi connectivity index (χ4v) is 1.05. The lowest BCUT2D eigenvalue weighted by Crippen LogP contribution is -2.28. The van der Waals surface area contributed by atoms with Gasteiger partial charge in [0.05, 0.1) is 0 Å². The van der Waals surface area contributed by atoms with Gasteiger partial charge in [-0.2, -0.15) is 0 Å². The molecule has 4 heteroatoms. The quantitative estimate of drug-likeness (QED) is 0.773. The zero-order chi connectivity index (χ0) is 12.0. The molecule has 0 aliphatic rings.